The summed E-state index contributed by atoms with van der Waals surface area (Å²) in [7, 11) is 2.06. The molecule has 10 aliphatic rings. The lowest BCUT2D eigenvalue weighted by Gasteiger charge is -2.41. The summed E-state index contributed by atoms with van der Waals surface area (Å²) in [5.41, 5.74) is 9.09. The average molecular weight is 1910 g/mol. The third kappa shape index (κ3) is 22.5. The number of rotatable bonds is 26. The number of amides is 3. The minimum atomic E-state index is -0.709. The number of likely N-dealkylation sites (N-methyl/N-ethyl adjacent to an activating group) is 1. The van der Waals surface area contributed by atoms with Crippen LogP contribution in [0.25, 0.3) is 46.9 Å². The number of alkyl halides is 3. The zero-order chi connectivity index (χ0) is 94.1. The van der Waals surface area contributed by atoms with Gasteiger partial charge in [0.05, 0.1) is 58.4 Å². The molecule has 0 radical (unpaired) electrons. The molecule has 0 N–H and O–H groups in total. The Balaban J connectivity index is 0.000000142. The number of aromatic nitrogens is 6. The maximum absolute atomic E-state index is 12.8. The fraction of sp³-hybridized carbons (Fsp3) is 0.471. The third-order valence-corrected chi connectivity index (χ3v) is 28.4. The molecular weight excluding hydrogens is 1790 g/mol. The molecule has 6 saturated heterocycles. The second-order valence-corrected chi connectivity index (χ2v) is 37.3. The Kier molecular flexibility index (Phi) is 32.0. The van der Waals surface area contributed by atoms with E-state index in [9.17, 15) is 27.6 Å². The highest BCUT2D eigenvalue weighted by molar-refractivity contribution is 6.37. The molecule has 3 amide bonds. The number of carbonyl (C=O) groups is 3. The van der Waals surface area contributed by atoms with E-state index in [0.717, 1.165) is 189 Å². The molecule has 6 aromatic carbocycles. The molecule has 0 bridgehead atoms. The molecule has 3 aromatic heterocycles. The first kappa shape index (κ1) is 95.8. The molecule has 34 heteroatoms. The van der Waals surface area contributed by atoms with Crippen LogP contribution >= 0.6 is 34.8 Å². The summed E-state index contributed by atoms with van der Waals surface area (Å²) in [6.07, 6.45) is 18.2. The summed E-state index contributed by atoms with van der Waals surface area (Å²) >= 11 is 20.1. The van der Waals surface area contributed by atoms with Gasteiger partial charge in [-0.15, -0.1) is 0 Å². The number of ether oxygens (including phenoxy) is 4. The van der Waals surface area contributed by atoms with Crippen molar-refractivity contribution in [1.82, 2.24) is 59.3 Å². The average Bonchev–Trinajstić information content (AvgIpc) is 1.24. The highest BCUT2D eigenvalue weighted by atomic mass is 35.5. The molecule has 19 rings (SSSR count). The first-order valence-electron chi connectivity index (χ1n) is 47.5. The van der Waals surface area contributed by atoms with Crippen LogP contribution in [-0.2, 0) is 58.0 Å². The molecule has 2 unspecified atom stereocenters. The Morgan fingerprint density at radius 3 is 1.18 bits per heavy atom. The summed E-state index contributed by atoms with van der Waals surface area (Å²) < 4.78 is 62.9. The van der Waals surface area contributed by atoms with Crippen LogP contribution < -0.4 is 43.6 Å². The van der Waals surface area contributed by atoms with E-state index in [1.165, 1.54) is 75.0 Å². The molecule has 0 spiro atoms. The van der Waals surface area contributed by atoms with Gasteiger partial charge in [-0.2, -0.15) is 29.9 Å². The summed E-state index contributed by atoms with van der Waals surface area (Å²) in [5.74, 6) is 1.59. The molecule has 9 aliphatic heterocycles. The number of halogens is 6. The van der Waals surface area contributed by atoms with Gasteiger partial charge in [0.25, 0.3) is 0 Å². The van der Waals surface area contributed by atoms with Crippen LogP contribution in [-0.4, -0.2) is 304 Å². The molecule has 712 valence electrons. The number of allylic oxidation sites excluding steroid dienone is 3. The number of hydrogen-bond acceptors (Lipinski definition) is 22. The number of hydrogen-bond donors (Lipinski definition) is 0. The predicted molar refractivity (Wildman–Crippen MR) is 527 cm³/mol. The second-order valence-electron chi connectivity index (χ2n) is 36.1. The summed E-state index contributed by atoms with van der Waals surface area (Å²) in [4.78, 5) is 105. The lowest BCUT2D eigenvalue weighted by Crippen LogP contribution is -2.56. The van der Waals surface area contributed by atoms with Crippen molar-refractivity contribution in [2.45, 2.75) is 120 Å². The van der Waals surface area contributed by atoms with Crippen molar-refractivity contribution in [2.24, 2.45) is 0 Å². The third-order valence-electron chi connectivity index (χ3n) is 27.4. The quantitative estimate of drug-likeness (QED) is 0.0363. The van der Waals surface area contributed by atoms with Crippen molar-refractivity contribution < 1.29 is 46.5 Å². The highest BCUT2D eigenvalue weighted by Gasteiger charge is 2.43. The van der Waals surface area contributed by atoms with Crippen LogP contribution in [0.1, 0.15) is 78.7 Å². The van der Waals surface area contributed by atoms with E-state index < -0.39 is 20.0 Å². The molecule has 5 atom stereocenters. The van der Waals surface area contributed by atoms with E-state index in [4.69, 9.17) is 103 Å². The lowest BCUT2D eigenvalue weighted by molar-refractivity contribution is -0.129. The Bertz CT molecular complexity index is 5780. The largest absolute Gasteiger partial charge is 0.462 e. The van der Waals surface area contributed by atoms with Crippen LogP contribution in [0.15, 0.2) is 146 Å². The van der Waals surface area contributed by atoms with Gasteiger partial charge in [0.2, 0.25) is 37.4 Å². The maximum Gasteiger partial charge on any atom is 0.318 e. The van der Waals surface area contributed by atoms with Crippen LogP contribution in [0.4, 0.5) is 47.7 Å². The lowest BCUT2D eigenvalue weighted by atomic mass is 10.0. The van der Waals surface area contributed by atoms with Gasteiger partial charge < -0.3 is 82.5 Å². The second kappa shape index (κ2) is 45.4. The molecule has 136 heavy (non-hydrogen) atoms. The molecule has 1 saturated carbocycles. The predicted octanol–water partition coefficient (Wildman–Crippen LogP) is 14.5. The van der Waals surface area contributed by atoms with Crippen LogP contribution in [0.2, 0.25) is 15.1 Å². The zero-order valence-corrected chi connectivity index (χ0v) is 79.1. The molecule has 12 heterocycles. The Morgan fingerprint density at radius 1 is 0.434 bits per heavy atom. The Morgan fingerprint density at radius 2 is 0.816 bits per heavy atom. The first-order valence-corrected chi connectivity index (χ1v) is 48.6. The van der Waals surface area contributed by atoms with Crippen molar-refractivity contribution in [3.63, 3.8) is 0 Å². The van der Waals surface area contributed by atoms with Crippen molar-refractivity contribution in [1.29, 1.82) is 0 Å². The van der Waals surface area contributed by atoms with Crippen LogP contribution in [0, 0.1) is 19.7 Å². The standard InChI is InChI=1S/C35H41ClFN7O2.C34H37ClFN7O2.C33H37ClFN7O3/c1-38-23-27-24-43(19-20-44(27)32(45)13-8-15-37)34-28-14-18-42(31-12-7-10-26-9-6-11-29(36)33(26)31)25-30(28)39-35(40-34)46-22-21-41-16-4-2-3-5-17-41;1-37-19-26-20-41(17-18-43(26)31(44)9-4-14-36)33-27-13-15-40(30-8-3-6-23-5-2-7-28(35)32(23)30)21-29(27)38-34(39-33)45-22-25-12-16-42(25)24-10-11-24;1-36-18-24-19-41(14-15-42(24)30(43)10-5-12-35)32-26-11-13-40(29-9-4-7-23-6-3-8-27(34)31(23)29)21-28(26)37-33(38-32)45-22-25-20-39(2)16-17-44-25/h6-13,27H,2-5,14-25H2;2-9,24-26H,10-22H2;3-10,24-25H,11-22H2,2H3/b13-8+;9-4+;10-5+/t27-;25?,26-;24-,25?/m000/s1. The SMILES string of the molecule is [C-]#[N+]C[C@H]1CN(c2nc(OCC3CCN3C3CC3)nc3c2CCN(c2cccc4cccc(Cl)c24)C3)CCN1C(=O)/C=C/CF.[C-]#[N+]C[C@H]1CN(c2nc(OCC3CN(C)CCO3)nc3c2CCN(c2cccc4cccc(Cl)c24)C3)CCN1C(=O)/C=C/CF.[C-]#[N+]C[C@H]1CN(c2nc(OCCN3CCCCCC3)nc3c2CCN(c2cccc4cccc(Cl)c24)C3)CCN1C(=O)/C=C/CF. The fourth-order valence-electron chi connectivity index (χ4n) is 20.4. The number of morpholine rings is 1. The zero-order valence-electron chi connectivity index (χ0n) is 76.8. The van der Waals surface area contributed by atoms with E-state index in [-0.39, 0.29) is 67.6 Å². The smallest absolute Gasteiger partial charge is 0.318 e. The van der Waals surface area contributed by atoms with Gasteiger partial charge in [-0.05, 0) is 142 Å². The Labute approximate surface area is 807 Å². The highest BCUT2D eigenvalue weighted by Crippen LogP contribution is 2.43. The van der Waals surface area contributed by atoms with Crippen molar-refractivity contribution >= 4 is 119 Å². The van der Waals surface area contributed by atoms with E-state index >= 15 is 0 Å². The number of anilines is 6. The van der Waals surface area contributed by atoms with Gasteiger partial charge in [-0.25, -0.2) is 32.9 Å². The number of piperazine rings is 3. The van der Waals surface area contributed by atoms with Gasteiger partial charge in [-0.1, -0.05) is 120 Å². The van der Waals surface area contributed by atoms with E-state index in [1.807, 2.05) is 42.5 Å². The summed E-state index contributed by atoms with van der Waals surface area (Å²) in [6, 6.07) is 37.7. The normalized spacial score (nSPS) is 20.6. The number of carbonyl (C=O) groups excluding carboxylic acids is 3. The van der Waals surface area contributed by atoms with E-state index in [1.54, 1.807) is 14.7 Å². The molecule has 1 aliphatic carbocycles. The van der Waals surface area contributed by atoms with Gasteiger partial charge in [0, 0.05) is 185 Å². The van der Waals surface area contributed by atoms with Gasteiger partial charge in [-0.3, -0.25) is 24.2 Å². The number of benzene rings is 6. The monoisotopic (exact) mass is 1910 g/mol. The number of fused-ring (bicyclic) bond motifs is 6. The summed E-state index contributed by atoms with van der Waals surface area (Å²) in [5, 5.41) is 8.50. The van der Waals surface area contributed by atoms with Crippen molar-refractivity contribution in [2.75, 3.05) is 220 Å². The van der Waals surface area contributed by atoms with Gasteiger partial charge in [0.1, 0.15) is 81.5 Å². The Hall–Kier alpha value is -11.9. The van der Waals surface area contributed by atoms with Gasteiger partial charge >= 0.3 is 18.0 Å². The topological polar surface area (TPSA) is 217 Å². The van der Waals surface area contributed by atoms with E-state index in [0.29, 0.717) is 141 Å². The number of nitrogens with zero attached hydrogens (tertiary/aromatic N) is 21. The van der Waals surface area contributed by atoms with Crippen molar-refractivity contribution in [3.8, 4) is 18.0 Å². The van der Waals surface area contributed by atoms with Crippen LogP contribution in [0.5, 0.6) is 18.0 Å². The summed E-state index contributed by atoms with van der Waals surface area (Å²) in [6.45, 7) is 37.0. The van der Waals surface area contributed by atoms with Crippen LogP contribution in [0.3, 0.4) is 0 Å². The molecular formula is C102H115Cl3F3N21O7. The minimum Gasteiger partial charge on any atom is -0.462 e. The molecule has 9 aromatic rings. The minimum absolute atomic E-state index is 0.0869. The maximum atomic E-state index is 12.8. The van der Waals surface area contributed by atoms with E-state index in [2.05, 4.69) is 132 Å². The van der Waals surface area contributed by atoms with Gasteiger partial charge in [0.15, 0.2) is 0 Å². The van der Waals surface area contributed by atoms with Crippen molar-refractivity contribution in [3.05, 3.63) is 229 Å². The fourth-order valence-corrected chi connectivity index (χ4v) is 21.2. The molecule has 28 nitrogen and oxygen atoms in total. The molecule has 7 fully saturated rings. The number of likely N-dealkylation sites (tertiary alicyclic amines) is 2. The first-order chi connectivity index (χ1) is 66.5.